The lowest BCUT2D eigenvalue weighted by Gasteiger charge is -2.33. The first-order chi connectivity index (χ1) is 16.4. The second-order valence-corrected chi connectivity index (χ2v) is 9.21. The van der Waals surface area contributed by atoms with Crippen molar-refractivity contribution in [2.45, 2.75) is 33.4 Å². The summed E-state index contributed by atoms with van der Waals surface area (Å²) in [5, 5.41) is 3.86. The van der Waals surface area contributed by atoms with E-state index < -0.39 is 6.04 Å². The molecule has 0 aromatic heterocycles. The van der Waals surface area contributed by atoms with Gasteiger partial charge in [0.1, 0.15) is 6.61 Å². The number of benzene rings is 2. The number of thioether (sulfide) groups is 1. The maximum atomic E-state index is 12.9. The lowest BCUT2D eigenvalue weighted by atomic mass is 9.94. The van der Waals surface area contributed by atoms with Crippen LogP contribution in [0.4, 0.5) is 0 Å². The Hall–Kier alpha value is -2.61. The zero-order valence-corrected chi connectivity index (χ0v) is 21.3. The first-order valence-corrected chi connectivity index (χ1v) is 12.5. The molecule has 4 rings (SSSR count). The number of esters is 1. The summed E-state index contributed by atoms with van der Waals surface area (Å²) in [6.45, 7) is 6.53. The summed E-state index contributed by atoms with van der Waals surface area (Å²) in [5.74, 6) is 0.769. The van der Waals surface area contributed by atoms with Crippen molar-refractivity contribution in [1.29, 1.82) is 0 Å². The molecule has 0 bridgehead atoms. The highest BCUT2D eigenvalue weighted by atomic mass is 35.5. The van der Waals surface area contributed by atoms with E-state index in [2.05, 4.69) is 4.99 Å². The van der Waals surface area contributed by atoms with Gasteiger partial charge in [0.25, 0.3) is 0 Å². The van der Waals surface area contributed by atoms with Gasteiger partial charge in [-0.25, -0.2) is 9.79 Å². The quantitative estimate of drug-likeness (QED) is 0.360. The number of ether oxygens (including phenoxy) is 3. The van der Waals surface area contributed by atoms with Crippen molar-refractivity contribution in [2.75, 3.05) is 13.2 Å². The molecule has 2 aromatic carbocycles. The largest absolute Gasteiger partial charge is 0.490 e. The van der Waals surface area contributed by atoms with Gasteiger partial charge in [0.05, 0.1) is 30.5 Å². The molecule has 0 fully saturated rings. The number of nitrogens with zero attached hydrogens (tertiary/aromatic N) is 2. The van der Waals surface area contributed by atoms with Crippen LogP contribution in [0.1, 0.15) is 37.9 Å². The highest BCUT2D eigenvalue weighted by molar-refractivity contribution is 8.16. The van der Waals surface area contributed by atoms with Crippen LogP contribution < -0.4 is 9.47 Å². The third-order valence-corrected chi connectivity index (χ3v) is 6.66. The second kappa shape index (κ2) is 10.8. The van der Waals surface area contributed by atoms with E-state index in [0.29, 0.717) is 39.4 Å². The Morgan fingerprint density at radius 2 is 1.91 bits per heavy atom. The molecule has 9 heteroatoms. The van der Waals surface area contributed by atoms with Gasteiger partial charge < -0.3 is 19.1 Å². The molecule has 2 heterocycles. The summed E-state index contributed by atoms with van der Waals surface area (Å²) >= 11 is 13.8. The van der Waals surface area contributed by atoms with E-state index in [-0.39, 0.29) is 19.2 Å². The number of fused-ring (bicyclic) bond motifs is 1. The van der Waals surface area contributed by atoms with Crippen molar-refractivity contribution in [3.8, 4) is 11.5 Å². The fourth-order valence-electron chi connectivity index (χ4n) is 3.77. The van der Waals surface area contributed by atoms with Crippen molar-refractivity contribution in [2.24, 2.45) is 4.99 Å². The highest BCUT2D eigenvalue weighted by Gasteiger charge is 2.37. The van der Waals surface area contributed by atoms with E-state index in [0.717, 1.165) is 16.3 Å². The molecule has 0 saturated carbocycles. The zero-order valence-electron chi connectivity index (χ0n) is 19.0. The predicted octanol–water partition coefficient (Wildman–Crippen LogP) is 6.74. The molecule has 1 atom stereocenters. The highest BCUT2D eigenvalue weighted by Crippen LogP contribution is 2.43. The lowest BCUT2D eigenvalue weighted by molar-refractivity contribution is -0.139. The molecule has 2 aliphatic rings. The normalized spacial score (nSPS) is 16.9. The van der Waals surface area contributed by atoms with Crippen LogP contribution in [0.3, 0.4) is 0 Å². The molecule has 0 unspecified atom stereocenters. The van der Waals surface area contributed by atoms with E-state index in [4.69, 9.17) is 37.4 Å². The Morgan fingerprint density at radius 1 is 1.09 bits per heavy atom. The Kier molecular flexibility index (Phi) is 7.76. The van der Waals surface area contributed by atoms with Gasteiger partial charge in [-0.1, -0.05) is 47.1 Å². The number of allylic oxidation sites excluding steroid dienone is 1. The van der Waals surface area contributed by atoms with Crippen LogP contribution in [0.5, 0.6) is 11.5 Å². The van der Waals surface area contributed by atoms with Gasteiger partial charge >= 0.3 is 5.97 Å². The van der Waals surface area contributed by atoms with Gasteiger partial charge in [0.2, 0.25) is 0 Å². The minimum atomic E-state index is -0.392. The molecule has 0 saturated heterocycles. The van der Waals surface area contributed by atoms with Crippen LogP contribution >= 0.6 is 35.0 Å². The van der Waals surface area contributed by atoms with Gasteiger partial charge in [0.15, 0.2) is 16.7 Å². The SMILES string of the molecule is CCOC(=O)C1=C(C)N=C2SC=CN2[C@@H]1c1ccc(OCc2ccc(Cl)cc2Cl)c(OCC)c1. The summed E-state index contributed by atoms with van der Waals surface area (Å²) in [7, 11) is 0. The zero-order chi connectivity index (χ0) is 24.2. The van der Waals surface area contributed by atoms with Gasteiger partial charge in [-0.15, -0.1) is 0 Å². The summed E-state index contributed by atoms with van der Waals surface area (Å²) in [5.41, 5.74) is 2.82. The molecule has 178 valence electrons. The third kappa shape index (κ3) is 5.06. The van der Waals surface area contributed by atoms with E-state index in [1.165, 1.54) is 11.8 Å². The molecular formula is C25H24Cl2N2O4S. The monoisotopic (exact) mass is 518 g/mol. The van der Waals surface area contributed by atoms with Crippen LogP contribution in [-0.4, -0.2) is 29.3 Å². The first-order valence-electron chi connectivity index (χ1n) is 10.8. The topological polar surface area (TPSA) is 60.4 Å². The minimum Gasteiger partial charge on any atom is -0.490 e. The Bertz CT molecular complexity index is 1200. The Morgan fingerprint density at radius 3 is 2.65 bits per heavy atom. The summed E-state index contributed by atoms with van der Waals surface area (Å²) in [6, 6.07) is 10.6. The van der Waals surface area contributed by atoms with E-state index in [1.807, 2.05) is 54.6 Å². The molecule has 0 spiro atoms. The van der Waals surface area contributed by atoms with Crippen molar-refractivity contribution < 1.29 is 19.0 Å². The van der Waals surface area contributed by atoms with E-state index in [9.17, 15) is 4.79 Å². The van der Waals surface area contributed by atoms with Crippen LogP contribution in [-0.2, 0) is 16.1 Å². The molecule has 0 amide bonds. The molecule has 34 heavy (non-hydrogen) atoms. The molecule has 2 aliphatic heterocycles. The summed E-state index contributed by atoms with van der Waals surface area (Å²) in [4.78, 5) is 19.5. The molecule has 0 aliphatic carbocycles. The van der Waals surface area contributed by atoms with Crippen molar-refractivity contribution >= 4 is 46.1 Å². The number of carbonyl (C=O) groups is 1. The van der Waals surface area contributed by atoms with E-state index in [1.54, 1.807) is 19.1 Å². The molecule has 0 N–H and O–H groups in total. The number of rotatable bonds is 8. The van der Waals surface area contributed by atoms with Gasteiger partial charge in [0, 0.05) is 21.8 Å². The number of carbonyl (C=O) groups excluding carboxylic acids is 1. The first kappa shape index (κ1) is 24.5. The fraction of sp³-hybridized carbons (Fsp3) is 0.280. The van der Waals surface area contributed by atoms with Crippen molar-refractivity contribution in [3.63, 3.8) is 0 Å². The molecule has 0 radical (unpaired) electrons. The van der Waals surface area contributed by atoms with E-state index >= 15 is 0 Å². The minimum absolute atomic E-state index is 0.258. The van der Waals surface area contributed by atoms with Crippen LogP contribution in [0.15, 0.2) is 64.3 Å². The second-order valence-electron chi connectivity index (χ2n) is 7.49. The number of aliphatic imine (C=N–C) groups is 1. The number of halogens is 2. The van der Waals surface area contributed by atoms with Crippen LogP contribution in [0.2, 0.25) is 10.0 Å². The lowest BCUT2D eigenvalue weighted by Crippen LogP contribution is -2.34. The Labute approximate surface area is 213 Å². The van der Waals surface area contributed by atoms with Crippen LogP contribution in [0.25, 0.3) is 0 Å². The van der Waals surface area contributed by atoms with Crippen molar-refractivity contribution in [1.82, 2.24) is 4.90 Å². The number of hydrogen-bond donors (Lipinski definition) is 0. The smallest absolute Gasteiger partial charge is 0.338 e. The van der Waals surface area contributed by atoms with Crippen molar-refractivity contribution in [3.05, 3.63) is 80.4 Å². The van der Waals surface area contributed by atoms with Gasteiger partial charge in [-0.05, 0) is 56.0 Å². The standard InChI is InChI=1S/C25H24Cl2N2O4S/c1-4-31-21-12-16(7-9-20(21)33-14-17-6-8-18(26)13-19(17)27)23-22(24(30)32-5-2)15(3)28-25-29(23)10-11-34-25/h6-13,23H,4-5,14H2,1-3H3/t23-/m1/s1. The van der Waals surface area contributed by atoms with Gasteiger partial charge in [-0.3, -0.25) is 0 Å². The maximum Gasteiger partial charge on any atom is 0.338 e. The van der Waals surface area contributed by atoms with Gasteiger partial charge in [-0.2, -0.15) is 0 Å². The maximum absolute atomic E-state index is 12.9. The number of hydrogen-bond acceptors (Lipinski definition) is 7. The summed E-state index contributed by atoms with van der Waals surface area (Å²) < 4.78 is 17.3. The summed E-state index contributed by atoms with van der Waals surface area (Å²) in [6.07, 6.45) is 1.92. The third-order valence-electron chi connectivity index (χ3n) is 5.30. The average molecular weight is 519 g/mol. The predicted molar refractivity (Wildman–Crippen MR) is 136 cm³/mol. The number of amidine groups is 1. The molecule has 2 aromatic rings. The molecular weight excluding hydrogens is 495 g/mol. The Balaban J connectivity index is 1.68. The molecule has 6 nitrogen and oxygen atoms in total. The fourth-order valence-corrected chi connectivity index (χ4v) is 5.03. The average Bonchev–Trinajstić information content (AvgIpc) is 3.26. The van der Waals surface area contributed by atoms with Crippen LogP contribution in [0, 0.1) is 0 Å².